The van der Waals surface area contributed by atoms with Gasteiger partial charge in [0, 0.05) is 17.2 Å². The van der Waals surface area contributed by atoms with E-state index in [0.717, 1.165) is 12.1 Å². The summed E-state index contributed by atoms with van der Waals surface area (Å²) >= 11 is 18.3. The molecule has 0 saturated heterocycles. The van der Waals surface area contributed by atoms with Gasteiger partial charge in [-0.2, -0.15) is 0 Å². The molecular formula is C13H7Cl3N2O4. The summed E-state index contributed by atoms with van der Waals surface area (Å²) < 4.78 is -1.61. The summed E-state index contributed by atoms with van der Waals surface area (Å²) in [5.74, 6) is 0. The first-order valence-corrected chi connectivity index (χ1v) is 6.94. The van der Waals surface area contributed by atoms with Gasteiger partial charge in [0.1, 0.15) is 0 Å². The van der Waals surface area contributed by atoms with Gasteiger partial charge in [-0.25, -0.2) is 0 Å². The van der Waals surface area contributed by atoms with Gasteiger partial charge in [0.25, 0.3) is 0 Å². The second-order valence-electron chi connectivity index (χ2n) is 4.30. The standard InChI is InChI=1S/C13H7Cl3N2O4/c14-10-4-1-8(2-5-10)13(15,16)9-3-6-11(17(19)20)12(7-9)18(21)22/h1-7H. The minimum atomic E-state index is -1.61. The number of rotatable bonds is 4. The molecule has 0 amide bonds. The highest BCUT2D eigenvalue weighted by Crippen LogP contribution is 2.43. The van der Waals surface area contributed by atoms with Crippen LogP contribution in [0.15, 0.2) is 42.5 Å². The molecule has 0 aliphatic carbocycles. The van der Waals surface area contributed by atoms with E-state index < -0.39 is 25.6 Å². The minimum absolute atomic E-state index is 0.149. The van der Waals surface area contributed by atoms with Gasteiger partial charge in [-0.1, -0.05) is 46.9 Å². The molecule has 0 N–H and O–H groups in total. The van der Waals surface area contributed by atoms with Crippen LogP contribution in [-0.4, -0.2) is 9.85 Å². The molecule has 114 valence electrons. The molecule has 0 radical (unpaired) electrons. The van der Waals surface area contributed by atoms with Gasteiger partial charge in [0.2, 0.25) is 0 Å². The van der Waals surface area contributed by atoms with Crippen LogP contribution in [0.3, 0.4) is 0 Å². The summed E-state index contributed by atoms with van der Waals surface area (Å²) in [6.45, 7) is 0. The van der Waals surface area contributed by atoms with Gasteiger partial charge in [0.05, 0.1) is 9.85 Å². The minimum Gasteiger partial charge on any atom is -0.258 e. The van der Waals surface area contributed by atoms with E-state index in [0.29, 0.717) is 10.6 Å². The average molecular weight is 362 g/mol. The van der Waals surface area contributed by atoms with Crippen molar-refractivity contribution >= 4 is 46.2 Å². The molecule has 2 rings (SSSR count). The molecule has 0 aliphatic rings. The smallest absolute Gasteiger partial charge is 0.258 e. The number of benzene rings is 2. The van der Waals surface area contributed by atoms with Crippen molar-refractivity contribution in [3.8, 4) is 0 Å². The maximum absolute atomic E-state index is 11.0. The molecule has 0 atom stereocenters. The molecule has 0 aromatic heterocycles. The summed E-state index contributed by atoms with van der Waals surface area (Å²) in [4.78, 5) is 20.1. The molecular weight excluding hydrogens is 355 g/mol. The molecule has 9 heteroatoms. The van der Waals surface area contributed by atoms with Crippen LogP contribution in [0, 0.1) is 20.2 Å². The van der Waals surface area contributed by atoms with E-state index in [4.69, 9.17) is 34.8 Å². The number of nitro benzene ring substituents is 2. The second kappa shape index (κ2) is 6.08. The van der Waals surface area contributed by atoms with Gasteiger partial charge >= 0.3 is 11.4 Å². The monoisotopic (exact) mass is 360 g/mol. The normalized spacial score (nSPS) is 11.2. The lowest BCUT2D eigenvalue weighted by Gasteiger charge is -2.20. The molecule has 0 fully saturated rings. The van der Waals surface area contributed by atoms with Gasteiger partial charge < -0.3 is 0 Å². The highest BCUT2D eigenvalue weighted by molar-refractivity contribution is 6.50. The van der Waals surface area contributed by atoms with Crippen LogP contribution in [0.4, 0.5) is 11.4 Å². The van der Waals surface area contributed by atoms with E-state index in [-0.39, 0.29) is 5.56 Å². The maximum atomic E-state index is 11.0. The molecule has 0 saturated carbocycles. The summed E-state index contributed by atoms with van der Waals surface area (Å²) in [6, 6.07) is 9.53. The summed E-state index contributed by atoms with van der Waals surface area (Å²) in [6.07, 6.45) is 0. The Labute approximate surface area is 139 Å². The van der Waals surface area contributed by atoms with Crippen LogP contribution in [0.2, 0.25) is 5.02 Å². The molecule has 2 aromatic carbocycles. The first-order chi connectivity index (χ1) is 10.2. The first kappa shape index (κ1) is 16.5. The van der Waals surface area contributed by atoms with Crippen LogP contribution in [0.25, 0.3) is 0 Å². The zero-order valence-corrected chi connectivity index (χ0v) is 13.0. The fraction of sp³-hybridized carbons (Fsp3) is 0.0769. The zero-order valence-electron chi connectivity index (χ0n) is 10.7. The molecule has 6 nitrogen and oxygen atoms in total. The predicted octanol–water partition coefficient (Wildman–Crippen LogP) is 4.84. The molecule has 22 heavy (non-hydrogen) atoms. The number of nitrogens with zero attached hydrogens (tertiary/aromatic N) is 2. The first-order valence-electron chi connectivity index (χ1n) is 5.80. The number of nitro groups is 2. The van der Waals surface area contributed by atoms with Crippen molar-refractivity contribution in [1.29, 1.82) is 0 Å². The van der Waals surface area contributed by atoms with E-state index in [1.807, 2.05) is 0 Å². The van der Waals surface area contributed by atoms with Crippen molar-refractivity contribution in [2.24, 2.45) is 0 Å². The Morgan fingerprint density at radius 3 is 1.82 bits per heavy atom. The van der Waals surface area contributed by atoms with Crippen molar-refractivity contribution in [3.05, 3.63) is 78.8 Å². The number of hydrogen-bond acceptors (Lipinski definition) is 4. The van der Waals surface area contributed by atoms with Crippen LogP contribution < -0.4 is 0 Å². The quantitative estimate of drug-likeness (QED) is 0.443. The molecule has 0 unspecified atom stereocenters. The Morgan fingerprint density at radius 2 is 1.32 bits per heavy atom. The third-order valence-electron chi connectivity index (χ3n) is 2.94. The van der Waals surface area contributed by atoms with E-state index in [9.17, 15) is 20.2 Å². The fourth-order valence-electron chi connectivity index (χ4n) is 1.85. The van der Waals surface area contributed by atoms with Gasteiger partial charge in [-0.05, 0) is 29.3 Å². The number of alkyl halides is 2. The lowest BCUT2D eigenvalue weighted by molar-refractivity contribution is -0.422. The highest BCUT2D eigenvalue weighted by atomic mass is 35.5. The zero-order chi connectivity index (χ0) is 16.5. The second-order valence-corrected chi connectivity index (χ2v) is 6.06. The van der Waals surface area contributed by atoms with Gasteiger partial charge in [-0.15, -0.1) is 0 Å². The fourth-order valence-corrected chi connectivity index (χ4v) is 2.46. The lowest BCUT2D eigenvalue weighted by atomic mass is 10.0. The molecule has 0 spiro atoms. The Morgan fingerprint density at radius 1 is 0.818 bits per heavy atom. The highest BCUT2D eigenvalue weighted by Gasteiger charge is 2.33. The summed E-state index contributed by atoms with van der Waals surface area (Å²) in [7, 11) is 0. The predicted molar refractivity (Wildman–Crippen MR) is 83.7 cm³/mol. The lowest BCUT2D eigenvalue weighted by Crippen LogP contribution is -2.13. The van der Waals surface area contributed by atoms with Crippen LogP contribution >= 0.6 is 34.8 Å². The average Bonchev–Trinajstić information content (AvgIpc) is 2.46. The molecule has 2 aromatic rings. The van der Waals surface area contributed by atoms with Crippen LogP contribution in [-0.2, 0) is 4.33 Å². The molecule has 0 aliphatic heterocycles. The van der Waals surface area contributed by atoms with E-state index in [2.05, 4.69) is 0 Å². The van der Waals surface area contributed by atoms with Crippen LogP contribution in [0.5, 0.6) is 0 Å². The third-order valence-corrected chi connectivity index (χ3v) is 4.06. The Hall–Kier alpha value is -1.89. The SMILES string of the molecule is O=[N+]([O-])c1ccc(C(Cl)(Cl)c2ccc(Cl)cc2)cc1[N+](=O)[O-]. The largest absolute Gasteiger partial charge is 0.346 e. The molecule has 0 heterocycles. The van der Waals surface area contributed by atoms with Gasteiger partial charge in [0.15, 0.2) is 4.33 Å². The summed E-state index contributed by atoms with van der Waals surface area (Å²) in [5.41, 5.74) is -0.727. The van der Waals surface area contributed by atoms with E-state index in [1.165, 1.54) is 6.07 Å². The van der Waals surface area contributed by atoms with Crippen molar-refractivity contribution in [2.75, 3.05) is 0 Å². The summed E-state index contributed by atoms with van der Waals surface area (Å²) in [5, 5.41) is 22.3. The topological polar surface area (TPSA) is 86.3 Å². The Balaban J connectivity index is 2.56. The van der Waals surface area contributed by atoms with Crippen molar-refractivity contribution < 1.29 is 9.85 Å². The number of halogens is 3. The Bertz CT molecular complexity index is 747. The van der Waals surface area contributed by atoms with Crippen molar-refractivity contribution in [2.45, 2.75) is 4.33 Å². The van der Waals surface area contributed by atoms with Gasteiger partial charge in [-0.3, -0.25) is 20.2 Å². The molecule has 0 bridgehead atoms. The van der Waals surface area contributed by atoms with E-state index in [1.54, 1.807) is 24.3 Å². The Kier molecular flexibility index (Phi) is 4.55. The van der Waals surface area contributed by atoms with Crippen molar-refractivity contribution in [3.63, 3.8) is 0 Å². The maximum Gasteiger partial charge on any atom is 0.346 e. The van der Waals surface area contributed by atoms with E-state index >= 15 is 0 Å². The third kappa shape index (κ3) is 3.14. The van der Waals surface area contributed by atoms with Crippen LogP contribution in [0.1, 0.15) is 11.1 Å². The van der Waals surface area contributed by atoms with Crippen molar-refractivity contribution in [1.82, 2.24) is 0 Å². The number of hydrogen-bond donors (Lipinski definition) is 0.